The van der Waals surface area contributed by atoms with Crippen LogP contribution in [0.3, 0.4) is 0 Å². The fraction of sp³-hybridized carbons (Fsp3) is 0.700. The molecular formula is C10H16O2. The zero-order valence-electron chi connectivity index (χ0n) is 8.18. The van der Waals surface area contributed by atoms with E-state index in [0.717, 1.165) is 0 Å². The van der Waals surface area contributed by atoms with Crippen molar-refractivity contribution in [2.45, 2.75) is 39.7 Å². The second-order valence-corrected chi connectivity index (χ2v) is 3.73. The molecule has 0 saturated carbocycles. The fourth-order valence-corrected chi connectivity index (χ4v) is 0.689. The molecule has 0 fully saturated rings. The zero-order chi connectivity index (χ0) is 9.78. The molecule has 0 amide bonds. The van der Waals surface area contributed by atoms with E-state index in [4.69, 9.17) is 11.2 Å². The van der Waals surface area contributed by atoms with Gasteiger partial charge in [0.15, 0.2) is 5.60 Å². The van der Waals surface area contributed by atoms with E-state index >= 15 is 0 Å². The van der Waals surface area contributed by atoms with E-state index in [1.165, 1.54) is 0 Å². The molecule has 2 nitrogen and oxygen atoms in total. The largest absolute Gasteiger partial charge is 0.446 e. The van der Waals surface area contributed by atoms with Gasteiger partial charge in [-0.1, -0.05) is 19.8 Å². The molecule has 0 unspecified atom stereocenters. The molecule has 0 bridgehead atoms. The monoisotopic (exact) mass is 168 g/mol. The third kappa shape index (κ3) is 4.79. The molecule has 0 aliphatic rings. The maximum absolute atomic E-state index is 11.1. The molecule has 2 heteroatoms. The van der Waals surface area contributed by atoms with Crippen molar-refractivity contribution in [2.24, 2.45) is 5.92 Å². The summed E-state index contributed by atoms with van der Waals surface area (Å²) in [5.74, 6) is 2.48. The number of esters is 1. The number of carbonyl (C=O) groups is 1. The Morgan fingerprint density at radius 1 is 1.58 bits per heavy atom. The summed E-state index contributed by atoms with van der Waals surface area (Å²) in [7, 11) is 0. The maximum atomic E-state index is 11.1. The Morgan fingerprint density at radius 3 is 2.42 bits per heavy atom. The number of hydrogen-bond donors (Lipinski definition) is 0. The summed E-state index contributed by atoms with van der Waals surface area (Å²) in [6.07, 6.45) is 5.58. The van der Waals surface area contributed by atoms with Gasteiger partial charge in [0.2, 0.25) is 0 Å². The van der Waals surface area contributed by atoms with Crippen molar-refractivity contribution in [2.75, 3.05) is 0 Å². The van der Waals surface area contributed by atoms with Crippen LogP contribution in [-0.2, 0) is 9.53 Å². The molecule has 68 valence electrons. The Morgan fingerprint density at radius 2 is 2.08 bits per heavy atom. The lowest BCUT2D eigenvalue weighted by molar-refractivity contribution is -0.152. The van der Waals surface area contributed by atoms with Gasteiger partial charge in [-0.3, -0.25) is 4.79 Å². The van der Waals surface area contributed by atoms with Crippen molar-refractivity contribution in [3.8, 4) is 12.3 Å². The summed E-state index contributed by atoms with van der Waals surface area (Å²) >= 11 is 0. The Labute approximate surface area is 74.3 Å². The van der Waals surface area contributed by atoms with Crippen LogP contribution in [0.25, 0.3) is 0 Å². The average molecular weight is 168 g/mol. The van der Waals surface area contributed by atoms with E-state index in [2.05, 4.69) is 5.92 Å². The Balaban J connectivity index is 3.95. The number of carbonyl (C=O) groups excluding carboxylic acids is 1. The van der Waals surface area contributed by atoms with E-state index < -0.39 is 5.60 Å². The molecule has 0 aliphatic carbocycles. The van der Waals surface area contributed by atoms with E-state index in [1.54, 1.807) is 13.8 Å². The van der Waals surface area contributed by atoms with Gasteiger partial charge in [0.1, 0.15) is 0 Å². The summed E-state index contributed by atoms with van der Waals surface area (Å²) in [6, 6.07) is 0. The van der Waals surface area contributed by atoms with E-state index in [-0.39, 0.29) is 5.97 Å². The van der Waals surface area contributed by atoms with E-state index in [0.29, 0.717) is 12.3 Å². The third-order valence-electron chi connectivity index (χ3n) is 1.29. The lowest BCUT2D eigenvalue weighted by Crippen LogP contribution is -2.26. The van der Waals surface area contributed by atoms with Crippen molar-refractivity contribution in [3.05, 3.63) is 0 Å². The lowest BCUT2D eigenvalue weighted by Gasteiger charge is -2.18. The molecule has 0 aromatic carbocycles. The minimum atomic E-state index is -0.772. The van der Waals surface area contributed by atoms with Crippen molar-refractivity contribution < 1.29 is 9.53 Å². The van der Waals surface area contributed by atoms with Gasteiger partial charge < -0.3 is 4.74 Å². The second-order valence-electron chi connectivity index (χ2n) is 3.73. The number of ether oxygens (including phenoxy) is 1. The van der Waals surface area contributed by atoms with Crippen LogP contribution in [0.5, 0.6) is 0 Å². The van der Waals surface area contributed by atoms with Crippen LogP contribution in [-0.4, -0.2) is 11.6 Å². The van der Waals surface area contributed by atoms with Gasteiger partial charge in [0, 0.05) is 6.42 Å². The summed E-state index contributed by atoms with van der Waals surface area (Å²) in [5, 5.41) is 0. The first-order chi connectivity index (χ1) is 5.37. The summed E-state index contributed by atoms with van der Waals surface area (Å²) in [5.41, 5.74) is -0.772. The fourth-order valence-electron chi connectivity index (χ4n) is 0.689. The highest BCUT2D eigenvalue weighted by Gasteiger charge is 2.19. The third-order valence-corrected chi connectivity index (χ3v) is 1.29. The molecule has 0 spiro atoms. The highest BCUT2D eigenvalue weighted by atomic mass is 16.6. The van der Waals surface area contributed by atoms with Crippen LogP contribution in [0.1, 0.15) is 34.1 Å². The topological polar surface area (TPSA) is 26.3 Å². The Bertz CT molecular complexity index is 196. The first kappa shape index (κ1) is 11.0. The van der Waals surface area contributed by atoms with E-state index in [1.807, 2.05) is 13.8 Å². The van der Waals surface area contributed by atoms with Gasteiger partial charge >= 0.3 is 5.97 Å². The van der Waals surface area contributed by atoms with Crippen LogP contribution >= 0.6 is 0 Å². The second kappa shape index (κ2) is 4.15. The molecule has 0 saturated heterocycles. The van der Waals surface area contributed by atoms with Gasteiger partial charge in [0.25, 0.3) is 0 Å². The quantitative estimate of drug-likeness (QED) is 0.476. The Hall–Kier alpha value is -0.970. The molecule has 0 N–H and O–H groups in total. The minimum absolute atomic E-state index is 0.229. The molecule has 12 heavy (non-hydrogen) atoms. The Kier molecular flexibility index (Phi) is 3.82. The molecule has 0 heterocycles. The predicted molar refractivity (Wildman–Crippen MR) is 48.5 cm³/mol. The molecule has 0 radical (unpaired) electrons. The average Bonchev–Trinajstić information content (AvgIpc) is 1.84. The molecule has 0 aromatic rings. The van der Waals surface area contributed by atoms with Crippen molar-refractivity contribution in [3.63, 3.8) is 0 Å². The molecule has 0 atom stereocenters. The van der Waals surface area contributed by atoms with Crippen LogP contribution < -0.4 is 0 Å². The van der Waals surface area contributed by atoms with Gasteiger partial charge in [-0.15, -0.1) is 6.42 Å². The van der Waals surface area contributed by atoms with Gasteiger partial charge in [-0.2, -0.15) is 0 Å². The number of terminal acetylenes is 1. The van der Waals surface area contributed by atoms with Crippen LogP contribution in [0.4, 0.5) is 0 Å². The highest BCUT2D eigenvalue weighted by Crippen LogP contribution is 2.10. The van der Waals surface area contributed by atoms with E-state index in [9.17, 15) is 4.79 Å². The van der Waals surface area contributed by atoms with Crippen LogP contribution in [0, 0.1) is 18.3 Å². The number of rotatable bonds is 3. The summed E-state index contributed by atoms with van der Waals surface area (Å²) < 4.78 is 5.02. The van der Waals surface area contributed by atoms with Gasteiger partial charge in [-0.25, -0.2) is 0 Å². The summed E-state index contributed by atoms with van der Waals surface area (Å²) in [6.45, 7) is 7.32. The molecular weight excluding hydrogens is 152 g/mol. The molecule has 0 rings (SSSR count). The lowest BCUT2D eigenvalue weighted by atomic mass is 10.1. The highest BCUT2D eigenvalue weighted by molar-refractivity contribution is 5.70. The summed E-state index contributed by atoms with van der Waals surface area (Å²) in [4.78, 5) is 11.1. The number of hydrogen-bond acceptors (Lipinski definition) is 2. The van der Waals surface area contributed by atoms with Crippen LogP contribution in [0.2, 0.25) is 0 Å². The minimum Gasteiger partial charge on any atom is -0.446 e. The standard InChI is InChI=1S/C10H16O2/c1-6-10(4,5)12-9(11)7-8(2)3/h1,8H,7H2,2-5H3. The normalized spacial score (nSPS) is 11.0. The smallest absolute Gasteiger partial charge is 0.307 e. The first-order valence-corrected chi connectivity index (χ1v) is 4.07. The predicted octanol–water partition coefficient (Wildman–Crippen LogP) is 1.99. The van der Waals surface area contributed by atoms with Crippen LogP contribution in [0.15, 0.2) is 0 Å². The zero-order valence-corrected chi connectivity index (χ0v) is 8.18. The van der Waals surface area contributed by atoms with Crippen molar-refractivity contribution in [1.82, 2.24) is 0 Å². The van der Waals surface area contributed by atoms with Crippen molar-refractivity contribution in [1.29, 1.82) is 0 Å². The van der Waals surface area contributed by atoms with Gasteiger partial charge in [0.05, 0.1) is 0 Å². The maximum Gasteiger partial charge on any atom is 0.307 e. The van der Waals surface area contributed by atoms with Crippen molar-refractivity contribution >= 4 is 5.97 Å². The SMILES string of the molecule is C#CC(C)(C)OC(=O)CC(C)C. The first-order valence-electron chi connectivity index (χ1n) is 4.07. The molecule has 0 aromatic heterocycles. The molecule has 0 aliphatic heterocycles. The van der Waals surface area contributed by atoms with Gasteiger partial charge in [-0.05, 0) is 19.8 Å².